The second kappa shape index (κ2) is 5.65. The predicted octanol–water partition coefficient (Wildman–Crippen LogP) is 2.39. The third kappa shape index (κ3) is 2.99. The van der Waals surface area contributed by atoms with Crippen molar-refractivity contribution in [2.45, 2.75) is 32.9 Å². The lowest BCUT2D eigenvalue weighted by Gasteiger charge is -2.16. The van der Waals surface area contributed by atoms with Crippen molar-refractivity contribution >= 4 is 5.82 Å². The molecule has 0 amide bonds. The van der Waals surface area contributed by atoms with Gasteiger partial charge >= 0.3 is 0 Å². The van der Waals surface area contributed by atoms with Crippen LogP contribution in [0.3, 0.4) is 0 Å². The Balaban J connectivity index is 2.25. The third-order valence-electron chi connectivity index (χ3n) is 2.98. The van der Waals surface area contributed by atoms with Crippen LogP contribution in [0.25, 0.3) is 0 Å². The molecule has 0 aliphatic rings. The fourth-order valence-corrected chi connectivity index (χ4v) is 1.87. The molecule has 1 N–H and O–H groups in total. The van der Waals surface area contributed by atoms with Crippen molar-refractivity contribution in [1.82, 2.24) is 14.5 Å². The zero-order valence-electron chi connectivity index (χ0n) is 11.4. The first-order valence-corrected chi connectivity index (χ1v) is 6.33. The van der Waals surface area contributed by atoms with E-state index in [1.165, 1.54) is 0 Å². The van der Waals surface area contributed by atoms with Crippen LogP contribution in [-0.4, -0.2) is 14.5 Å². The molecule has 0 fully saturated rings. The van der Waals surface area contributed by atoms with E-state index in [1.54, 1.807) is 29.4 Å². The summed E-state index contributed by atoms with van der Waals surface area (Å²) in [6.45, 7) is 5.93. The molecule has 0 aliphatic heterocycles. The van der Waals surface area contributed by atoms with Gasteiger partial charge in [-0.2, -0.15) is 0 Å². The van der Waals surface area contributed by atoms with Gasteiger partial charge in [-0.3, -0.25) is 9.78 Å². The second-order valence-electron chi connectivity index (χ2n) is 4.73. The van der Waals surface area contributed by atoms with Gasteiger partial charge < -0.3 is 9.88 Å². The molecule has 100 valence electrons. The van der Waals surface area contributed by atoms with Gasteiger partial charge in [-0.25, -0.2) is 4.98 Å². The Hall–Kier alpha value is -2.17. The summed E-state index contributed by atoms with van der Waals surface area (Å²) < 4.78 is 1.66. The van der Waals surface area contributed by atoms with Crippen LogP contribution in [-0.2, 0) is 0 Å². The van der Waals surface area contributed by atoms with E-state index in [2.05, 4.69) is 15.3 Å². The summed E-state index contributed by atoms with van der Waals surface area (Å²) in [7, 11) is 0. The van der Waals surface area contributed by atoms with E-state index in [9.17, 15) is 4.79 Å². The summed E-state index contributed by atoms with van der Waals surface area (Å²) in [6, 6.07) is 3.96. The van der Waals surface area contributed by atoms with E-state index >= 15 is 0 Å². The van der Waals surface area contributed by atoms with Crippen molar-refractivity contribution in [2.75, 3.05) is 5.32 Å². The maximum absolute atomic E-state index is 12.2. The Bertz CT molecular complexity index is 592. The molecule has 0 spiro atoms. The zero-order valence-corrected chi connectivity index (χ0v) is 11.4. The maximum atomic E-state index is 12.2. The highest BCUT2D eigenvalue weighted by molar-refractivity contribution is 5.35. The highest BCUT2D eigenvalue weighted by atomic mass is 16.1. The first kappa shape index (κ1) is 13.3. The van der Waals surface area contributed by atoms with Gasteiger partial charge in [0.15, 0.2) is 5.82 Å². The van der Waals surface area contributed by atoms with E-state index in [4.69, 9.17) is 0 Å². The van der Waals surface area contributed by atoms with Gasteiger partial charge in [0.05, 0.1) is 6.04 Å². The number of aromatic nitrogens is 3. The standard InChI is InChI=1S/C14H18N4O/c1-10(2)18-9-8-16-13(14(18)19)17-11(3)12-4-6-15-7-5-12/h4-11H,1-3H3,(H,16,17). The van der Waals surface area contributed by atoms with Crippen LogP contribution >= 0.6 is 0 Å². The van der Waals surface area contributed by atoms with Crippen molar-refractivity contribution in [3.8, 4) is 0 Å². The fourth-order valence-electron chi connectivity index (χ4n) is 1.87. The molecule has 5 nitrogen and oxygen atoms in total. The molecule has 2 rings (SSSR count). The number of nitrogens with zero attached hydrogens (tertiary/aromatic N) is 3. The minimum absolute atomic E-state index is 0.00575. The van der Waals surface area contributed by atoms with Crippen molar-refractivity contribution in [3.63, 3.8) is 0 Å². The summed E-state index contributed by atoms with van der Waals surface area (Å²) in [6.07, 6.45) is 6.81. The average molecular weight is 258 g/mol. The van der Waals surface area contributed by atoms with Crippen LogP contribution in [0.1, 0.15) is 38.4 Å². The SMILES string of the molecule is CC(Nc1nccn(C(C)C)c1=O)c1ccncc1. The van der Waals surface area contributed by atoms with Gasteiger partial charge in [0.2, 0.25) is 0 Å². The van der Waals surface area contributed by atoms with E-state index in [1.807, 2.05) is 32.9 Å². The smallest absolute Gasteiger partial charge is 0.293 e. The number of hydrogen-bond acceptors (Lipinski definition) is 4. The van der Waals surface area contributed by atoms with E-state index in [-0.39, 0.29) is 17.6 Å². The number of anilines is 1. The van der Waals surface area contributed by atoms with Gasteiger partial charge in [-0.15, -0.1) is 0 Å². The lowest BCUT2D eigenvalue weighted by atomic mass is 10.1. The third-order valence-corrected chi connectivity index (χ3v) is 2.98. The highest BCUT2D eigenvalue weighted by Crippen LogP contribution is 2.14. The molecule has 19 heavy (non-hydrogen) atoms. The average Bonchev–Trinajstić information content (AvgIpc) is 2.41. The van der Waals surface area contributed by atoms with Crippen LogP contribution in [0.15, 0.2) is 41.7 Å². The largest absolute Gasteiger partial charge is 0.359 e. The molecule has 0 aliphatic carbocycles. The normalized spacial score (nSPS) is 12.4. The molecule has 2 heterocycles. The summed E-state index contributed by atoms with van der Waals surface area (Å²) in [5.41, 5.74) is 0.967. The predicted molar refractivity (Wildman–Crippen MR) is 75.2 cm³/mol. The molecular weight excluding hydrogens is 240 g/mol. The minimum Gasteiger partial charge on any atom is -0.359 e. The van der Waals surface area contributed by atoms with Crippen LogP contribution in [0.2, 0.25) is 0 Å². The van der Waals surface area contributed by atoms with Gasteiger partial charge in [-0.05, 0) is 38.5 Å². The molecule has 0 aromatic carbocycles. The summed E-state index contributed by atoms with van der Waals surface area (Å²) in [5, 5.41) is 3.15. The fraction of sp³-hybridized carbons (Fsp3) is 0.357. The summed E-state index contributed by atoms with van der Waals surface area (Å²) >= 11 is 0. The molecule has 2 aromatic rings. The van der Waals surface area contributed by atoms with Crippen LogP contribution < -0.4 is 10.9 Å². The van der Waals surface area contributed by atoms with Crippen LogP contribution in [0, 0.1) is 0 Å². The molecule has 2 aromatic heterocycles. The summed E-state index contributed by atoms with van der Waals surface area (Å²) in [5.74, 6) is 0.375. The van der Waals surface area contributed by atoms with Crippen LogP contribution in [0.5, 0.6) is 0 Å². The van der Waals surface area contributed by atoms with E-state index < -0.39 is 0 Å². The maximum Gasteiger partial charge on any atom is 0.293 e. The number of hydrogen-bond donors (Lipinski definition) is 1. The monoisotopic (exact) mass is 258 g/mol. The van der Waals surface area contributed by atoms with E-state index in [0.717, 1.165) is 5.56 Å². The second-order valence-corrected chi connectivity index (χ2v) is 4.73. The van der Waals surface area contributed by atoms with E-state index in [0.29, 0.717) is 5.82 Å². The van der Waals surface area contributed by atoms with Crippen molar-refractivity contribution in [1.29, 1.82) is 0 Å². The molecule has 1 atom stereocenters. The Kier molecular flexibility index (Phi) is 3.94. The van der Waals surface area contributed by atoms with Gasteiger partial charge in [0.25, 0.3) is 5.56 Å². The van der Waals surface area contributed by atoms with Gasteiger partial charge in [-0.1, -0.05) is 0 Å². The number of pyridine rings is 1. The van der Waals surface area contributed by atoms with Crippen molar-refractivity contribution in [3.05, 3.63) is 52.8 Å². The first-order chi connectivity index (χ1) is 9.09. The lowest BCUT2D eigenvalue weighted by molar-refractivity contribution is 0.574. The van der Waals surface area contributed by atoms with Gasteiger partial charge in [0, 0.05) is 30.8 Å². The number of nitrogens with one attached hydrogen (secondary N) is 1. The molecule has 5 heteroatoms. The Morgan fingerprint density at radius 2 is 1.84 bits per heavy atom. The number of rotatable bonds is 4. The topological polar surface area (TPSA) is 59.8 Å². The van der Waals surface area contributed by atoms with Crippen LogP contribution in [0.4, 0.5) is 5.82 Å². The molecule has 0 saturated carbocycles. The lowest BCUT2D eigenvalue weighted by Crippen LogP contribution is -2.26. The van der Waals surface area contributed by atoms with Crippen molar-refractivity contribution < 1.29 is 0 Å². The zero-order chi connectivity index (χ0) is 13.8. The summed E-state index contributed by atoms with van der Waals surface area (Å²) in [4.78, 5) is 20.3. The Morgan fingerprint density at radius 1 is 1.16 bits per heavy atom. The van der Waals surface area contributed by atoms with Gasteiger partial charge in [0.1, 0.15) is 0 Å². The Morgan fingerprint density at radius 3 is 2.47 bits per heavy atom. The first-order valence-electron chi connectivity index (χ1n) is 6.33. The molecular formula is C14H18N4O. The Labute approximate surface area is 112 Å². The molecule has 0 bridgehead atoms. The highest BCUT2D eigenvalue weighted by Gasteiger charge is 2.11. The van der Waals surface area contributed by atoms with Crippen molar-refractivity contribution in [2.24, 2.45) is 0 Å². The quantitative estimate of drug-likeness (QED) is 0.914. The molecule has 0 radical (unpaired) electrons. The minimum atomic E-state index is -0.0987. The molecule has 1 unspecified atom stereocenters. The molecule has 0 saturated heterocycles.